The minimum absolute atomic E-state index is 0.00723. The van der Waals surface area contributed by atoms with Gasteiger partial charge in [0.1, 0.15) is 23.8 Å². The van der Waals surface area contributed by atoms with Gasteiger partial charge in [0.2, 0.25) is 0 Å². The summed E-state index contributed by atoms with van der Waals surface area (Å²) in [5, 5.41) is 27.9. The molecule has 4 heterocycles. The quantitative estimate of drug-likeness (QED) is 0.499. The second kappa shape index (κ2) is 3.57. The van der Waals surface area contributed by atoms with E-state index >= 15 is 0 Å². The lowest BCUT2D eigenvalue weighted by atomic mass is 10.1. The minimum Gasteiger partial charge on any atom is -0.387 e. The van der Waals surface area contributed by atoms with Crippen molar-refractivity contribution in [2.45, 2.75) is 31.1 Å². The topological polar surface area (TPSA) is 118 Å². The Balaban J connectivity index is 2.15. The maximum atomic E-state index is 12.3. The van der Waals surface area contributed by atoms with Crippen molar-refractivity contribution in [1.29, 1.82) is 5.41 Å². The lowest BCUT2D eigenvalue weighted by molar-refractivity contribution is -0.0332. The Morgan fingerprint density at radius 2 is 2.20 bits per heavy atom. The molecule has 20 heavy (non-hydrogen) atoms. The summed E-state index contributed by atoms with van der Waals surface area (Å²) in [5.41, 5.74) is 0.441. The van der Waals surface area contributed by atoms with Gasteiger partial charge in [0, 0.05) is 7.05 Å². The van der Waals surface area contributed by atoms with E-state index in [1.165, 1.54) is 27.1 Å². The first-order valence-electron chi connectivity index (χ1n) is 6.23. The van der Waals surface area contributed by atoms with Crippen molar-refractivity contribution >= 4 is 11.2 Å². The molecule has 1 unspecified atom stereocenters. The Kier molecular flexibility index (Phi) is 2.11. The summed E-state index contributed by atoms with van der Waals surface area (Å²) in [6.07, 6.45) is -2.16. The number of aliphatic hydroxyl groups is 2. The predicted molar refractivity (Wildman–Crippen MR) is 64.7 cm³/mol. The van der Waals surface area contributed by atoms with Crippen molar-refractivity contribution in [3.8, 4) is 0 Å². The van der Waals surface area contributed by atoms with Crippen LogP contribution in [0.5, 0.6) is 0 Å². The highest BCUT2D eigenvalue weighted by atomic mass is 16.6. The van der Waals surface area contributed by atoms with Crippen LogP contribution in [-0.4, -0.2) is 47.2 Å². The van der Waals surface area contributed by atoms with E-state index in [0.29, 0.717) is 11.2 Å². The Bertz CT molecular complexity index is 834. The average molecular weight is 279 g/mol. The van der Waals surface area contributed by atoms with Gasteiger partial charge in [-0.05, 0) is 0 Å². The molecule has 9 heteroatoms. The number of hydrogen-bond donors (Lipinski definition) is 3. The number of aliphatic hydroxyl groups excluding tert-OH is 2. The second-order valence-electron chi connectivity index (χ2n) is 5.17. The van der Waals surface area contributed by atoms with Crippen LogP contribution in [0.25, 0.3) is 11.2 Å². The summed E-state index contributed by atoms with van der Waals surface area (Å²) in [6, 6.07) is 0. The van der Waals surface area contributed by atoms with E-state index < -0.39 is 24.5 Å². The Labute approximate surface area is 111 Å². The maximum absolute atomic E-state index is 12.3. The standard InChI is InChI=1S/C11H13N5O4/c1-14-8(12)5-9-15(11(14)19)2-4-6(17)7(18)10(20-4)16(9)3-13-5/h3-4,6-7,10,12,17-18H,2H2,1H3/t4-,6-,7-,10?/m1/s1. The Morgan fingerprint density at radius 1 is 1.45 bits per heavy atom. The van der Waals surface area contributed by atoms with Crippen molar-refractivity contribution in [2.75, 3.05) is 0 Å². The first kappa shape index (κ1) is 11.8. The molecule has 0 amide bonds. The number of rotatable bonds is 0. The lowest BCUT2D eigenvalue weighted by Gasteiger charge is -2.20. The highest BCUT2D eigenvalue weighted by molar-refractivity contribution is 5.70. The molecule has 0 aliphatic carbocycles. The van der Waals surface area contributed by atoms with E-state index in [1.807, 2.05) is 0 Å². The molecule has 2 aliphatic rings. The van der Waals surface area contributed by atoms with Gasteiger partial charge in [0.25, 0.3) is 0 Å². The molecule has 9 nitrogen and oxygen atoms in total. The summed E-state index contributed by atoms with van der Waals surface area (Å²) in [7, 11) is 1.50. The summed E-state index contributed by atoms with van der Waals surface area (Å²) in [5.74, 6) is 0. The molecule has 2 bridgehead atoms. The molecule has 4 atom stereocenters. The first-order valence-corrected chi connectivity index (χ1v) is 6.23. The van der Waals surface area contributed by atoms with Crippen LogP contribution in [0, 0.1) is 5.41 Å². The molecule has 1 saturated heterocycles. The molecule has 0 aromatic carbocycles. The van der Waals surface area contributed by atoms with Crippen molar-refractivity contribution < 1.29 is 14.9 Å². The monoisotopic (exact) mass is 279 g/mol. The molecular weight excluding hydrogens is 266 g/mol. The fourth-order valence-corrected chi connectivity index (χ4v) is 2.96. The van der Waals surface area contributed by atoms with E-state index in [0.717, 1.165) is 0 Å². The molecule has 0 saturated carbocycles. The lowest BCUT2D eigenvalue weighted by Crippen LogP contribution is -2.43. The molecule has 3 N–H and O–H groups in total. The smallest absolute Gasteiger partial charge is 0.331 e. The zero-order chi connectivity index (χ0) is 14.2. The molecule has 2 aliphatic heterocycles. The van der Waals surface area contributed by atoms with Gasteiger partial charge >= 0.3 is 5.69 Å². The van der Waals surface area contributed by atoms with Crippen LogP contribution in [0.4, 0.5) is 0 Å². The Morgan fingerprint density at radius 3 is 2.95 bits per heavy atom. The molecule has 0 radical (unpaired) electrons. The molecular formula is C11H13N5O4. The highest BCUT2D eigenvalue weighted by Crippen LogP contribution is 2.34. The molecule has 0 spiro atoms. The van der Waals surface area contributed by atoms with Gasteiger partial charge in [-0.1, -0.05) is 0 Å². The number of aromatic nitrogens is 4. The molecule has 1 fully saturated rings. The van der Waals surface area contributed by atoms with Crippen LogP contribution in [0.1, 0.15) is 6.23 Å². The van der Waals surface area contributed by atoms with Crippen molar-refractivity contribution in [2.24, 2.45) is 7.05 Å². The normalized spacial score (nSPS) is 31.8. The third kappa shape index (κ3) is 1.20. The summed E-state index contributed by atoms with van der Waals surface area (Å²) < 4.78 is 9.74. The van der Waals surface area contributed by atoms with Gasteiger partial charge in [0.05, 0.1) is 12.9 Å². The van der Waals surface area contributed by atoms with Gasteiger partial charge in [-0.2, -0.15) is 0 Å². The van der Waals surface area contributed by atoms with Gasteiger partial charge < -0.3 is 14.9 Å². The summed E-state index contributed by atoms with van der Waals surface area (Å²) >= 11 is 0. The molecule has 4 rings (SSSR count). The van der Waals surface area contributed by atoms with Crippen LogP contribution in [0.15, 0.2) is 11.1 Å². The van der Waals surface area contributed by atoms with E-state index in [9.17, 15) is 15.0 Å². The Hall–Kier alpha value is -1.97. The van der Waals surface area contributed by atoms with E-state index in [-0.39, 0.29) is 17.7 Å². The number of nitrogens with one attached hydrogen (secondary N) is 1. The first-order chi connectivity index (χ1) is 9.50. The van der Waals surface area contributed by atoms with Crippen LogP contribution in [0.2, 0.25) is 0 Å². The number of ether oxygens (including phenoxy) is 1. The number of imidazole rings is 1. The fourth-order valence-electron chi connectivity index (χ4n) is 2.96. The van der Waals surface area contributed by atoms with Gasteiger partial charge in [0.15, 0.2) is 17.4 Å². The summed E-state index contributed by atoms with van der Waals surface area (Å²) in [4.78, 5) is 16.4. The van der Waals surface area contributed by atoms with Crippen molar-refractivity contribution in [3.05, 3.63) is 22.3 Å². The zero-order valence-electron chi connectivity index (χ0n) is 10.6. The van der Waals surface area contributed by atoms with Crippen molar-refractivity contribution in [3.63, 3.8) is 0 Å². The number of nitrogens with zero attached hydrogens (tertiary/aromatic N) is 4. The predicted octanol–water partition coefficient (Wildman–Crippen LogP) is -2.35. The van der Waals surface area contributed by atoms with Crippen LogP contribution >= 0.6 is 0 Å². The van der Waals surface area contributed by atoms with Gasteiger partial charge in [-0.25, -0.2) is 9.78 Å². The molecule has 106 valence electrons. The largest absolute Gasteiger partial charge is 0.387 e. The summed E-state index contributed by atoms with van der Waals surface area (Å²) in [6.45, 7) is 0.115. The third-order valence-corrected chi connectivity index (χ3v) is 4.07. The maximum Gasteiger partial charge on any atom is 0.331 e. The van der Waals surface area contributed by atoms with Crippen LogP contribution in [0.3, 0.4) is 0 Å². The van der Waals surface area contributed by atoms with E-state index in [1.54, 1.807) is 0 Å². The third-order valence-electron chi connectivity index (χ3n) is 4.07. The average Bonchev–Trinajstić information content (AvgIpc) is 2.91. The van der Waals surface area contributed by atoms with Gasteiger partial charge in [-0.15, -0.1) is 0 Å². The highest BCUT2D eigenvalue weighted by Gasteiger charge is 2.46. The molecule has 2 aromatic rings. The second-order valence-corrected chi connectivity index (χ2v) is 5.17. The fraction of sp³-hybridized carbons (Fsp3) is 0.545. The van der Waals surface area contributed by atoms with E-state index in [2.05, 4.69) is 4.98 Å². The van der Waals surface area contributed by atoms with Crippen molar-refractivity contribution in [1.82, 2.24) is 18.7 Å². The molecule has 2 aromatic heterocycles. The van der Waals surface area contributed by atoms with Crippen LogP contribution in [-0.2, 0) is 18.3 Å². The van der Waals surface area contributed by atoms with Crippen LogP contribution < -0.4 is 11.2 Å². The SMILES string of the molecule is Cn1c(=N)c2ncn3c2n(c1=O)C[C@H]1OC3[C@H](O)[C@@H]1O. The number of hydrogen-bond acceptors (Lipinski definition) is 6. The van der Waals surface area contributed by atoms with E-state index in [4.69, 9.17) is 10.1 Å². The zero-order valence-corrected chi connectivity index (χ0v) is 10.6. The number of fused-ring (bicyclic) bond motifs is 3. The minimum atomic E-state index is -1.08. The van der Waals surface area contributed by atoms with Gasteiger partial charge in [-0.3, -0.25) is 19.1 Å².